The van der Waals surface area contributed by atoms with E-state index in [0.717, 1.165) is 6.29 Å². The van der Waals surface area contributed by atoms with Crippen LogP contribution in [0.3, 0.4) is 0 Å². The van der Waals surface area contributed by atoms with Crippen molar-refractivity contribution in [3.63, 3.8) is 0 Å². The van der Waals surface area contributed by atoms with Crippen LogP contribution in [0.1, 0.15) is 31.1 Å². The van der Waals surface area contributed by atoms with Crippen molar-refractivity contribution in [1.29, 1.82) is 0 Å². The fourth-order valence-electron chi connectivity index (χ4n) is 1.29. The predicted octanol–water partition coefficient (Wildman–Crippen LogP) is 2.04. The van der Waals surface area contributed by atoms with E-state index >= 15 is 0 Å². The molecule has 0 bridgehead atoms. The molecule has 0 heterocycles. The van der Waals surface area contributed by atoms with Gasteiger partial charge >= 0.3 is 0 Å². The molecular weight excluding hydrogens is 230 g/mol. The number of hydrogen-bond acceptors (Lipinski definition) is 3. The Morgan fingerprint density at radius 3 is 2.72 bits per heavy atom. The number of rotatable bonds is 6. The van der Waals surface area contributed by atoms with E-state index in [9.17, 15) is 9.59 Å². The summed E-state index contributed by atoms with van der Waals surface area (Å²) < 4.78 is 5.32. The number of nitrogens with one attached hydrogen (secondary N) is 1. The number of aldehydes is 1. The Balaban J connectivity index is 2.44. The maximum atomic E-state index is 11.6. The molecular formula is C14H19NO3. The van der Waals surface area contributed by atoms with E-state index in [1.807, 2.05) is 20.8 Å². The van der Waals surface area contributed by atoms with Gasteiger partial charge in [0.2, 0.25) is 0 Å². The minimum absolute atomic E-state index is 0.0423. The molecule has 0 saturated heterocycles. The summed E-state index contributed by atoms with van der Waals surface area (Å²) >= 11 is 0. The fraction of sp³-hybridized carbons (Fsp3) is 0.429. The molecule has 0 fully saturated rings. The van der Waals surface area contributed by atoms with Crippen LogP contribution in [-0.4, -0.2) is 24.8 Å². The standard InChI is InChI=1S/C14H19NO3/c1-10(2)11(3)15-14(17)9-18-13-6-4-5-12(7-13)8-16/h4-8,10-11H,9H2,1-3H3,(H,15,17). The molecule has 1 N–H and O–H groups in total. The lowest BCUT2D eigenvalue weighted by molar-refractivity contribution is -0.124. The normalized spacial score (nSPS) is 12.0. The Hall–Kier alpha value is -1.84. The monoisotopic (exact) mass is 249 g/mol. The summed E-state index contributed by atoms with van der Waals surface area (Å²) in [4.78, 5) is 22.2. The maximum Gasteiger partial charge on any atom is 0.258 e. The summed E-state index contributed by atoms with van der Waals surface area (Å²) in [5.41, 5.74) is 0.531. The van der Waals surface area contributed by atoms with E-state index in [1.54, 1.807) is 24.3 Å². The van der Waals surface area contributed by atoms with Crippen molar-refractivity contribution in [1.82, 2.24) is 5.32 Å². The van der Waals surface area contributed by atoms with Crippen molar-refractivity contribution >= 4 is 12.2 Å². The van der Waals surface area contributed by atoms with Crippen molar-refractivity contribution in [3.05, 3.63) is 29.8 Å². The summed E-state index contributed by atoms with van der Waals surface area (Å²) in [6, 6.07) is 6.83. The molecule has 4 nitrogen and oxygen atoms in total. The van der Waals surface area contributed by atoms with Gasteiger partial charge in [0, 0.05) is 11.6 Å². The molecule has 1 rings (SSSR count). The van der Waals surface area contributed by atoms with Gasteiger partial charge < -0.3 is 10.1 Å². The molecule has 1 aromatic rings. The smallest absolute Gasteiger partial charge is 0.258 e. The zero-order valence-electron chi connectivity index (χ0n) is 11.0. The fourth-order valence-corrected chi connectivity index (χ4v) is 1.29. The van der Waals surface area contributed by atoms with Gasteiger partial charge in [-0.2, -0.15) is 0 Å². The average molecular weight is 249 g/mol. The Kier molecular flexibility index (Phi) is 5.36. The summed E-state index contributed by atoms with van der Waals surface area (Å²) in [7, 11) is 0. The topological polar surface area (TPSA) is 55.4 Å². The van der Waals surface area contributed by atoms with Crippen LogP contribution in [0, 0.1) is 5.92 Å². The summed E-state index contributed by atoms with van der Waals surface area (Å²) in [5, 5.41) is 2.84. The van der Waals surface area contributed by atoms with Crippen LogP contribution in [0.5, 0.6) is 5.75 Å². The van der Waals surface area contributed by atoms with Crippen LogP contribution in [0.25, 0.3) is 0 Å². The number of hydrogen-bond donors (Lipinski definition) is 1. The van der Waals surface area contributed by atoms with Crippen LogP contribution >= 0.6 is 0 Å². The van der Waals surface area contributed by atoms with Gasteiger partial charge in [0.15, 0.2) is 6.61 Å². The first kappa shape index (κ1) is 14.2. The van der Waals surface area contributed by atoms with Crippen molar-refractivity contribution in [3.8, 4) is 5.75 Å². The van der Waals surface area contributed by atoms with E-state index in [4.69, 9.17) is 4.74 Å². The Bertz CT molecular complexity index is 415. The number of carbonyl (C=O) groups is 2. The molecule has 0 radical (unpaired) electrons. The van der Waals surface area contributed by atoms with Crippen LogP contribution in [-0.2, 0) is 4.79 Å². The third kappa shape index (κ3) is 4.57. The molecule has 18 heavy (non-hydrogen) atoms. The van der Waals surface area contributed by atoms with Crippen molar-refractivity contribution in [2.75, 3.05) is 6.61 Å². The van der Waals surface area contributed by atoms with Gasteiger partial charge in [-0.15, -0.1) is 0 Å². The second-order valence-corrected chi connectivity index (χ2v) is 4.58. The highest BCUT2D eigenvalue weighted by Gasteiger charge is 2.11. The van der Waals surface area contributed by atoms with Crippen molar-refractivity contribution < 1.29 is 14.3 Å². The second-order valence-electron chi connectivity index (χ2n) is 4.58. The molecule has 98 valence electrons. The van der Waals surface area contributed by atoms with Gasteiger partial charge in [-0.05, 0) is 25.0 Å². The Morgan fingerprint density at radius 2 is 2.11 bits per heavy atom. The molecule has 1 atom stereocenters. The third-order valence-corrected chi connectivity index (χ3v) is 2.75. The lowest BCUT2D eigenvalue weighted by Gasteiger charge is -2.17. The van der Waals surface area contributed by atoms with Crippen LogP contribution in [0.4, 0.5) is 0 Å². The molecule has 0 saturated carbocycles. The lowest BCUT2D eigenvalue weighted by Crippen LogP contribution is -2.38. The lowest BCUT2D eigenvalue weighted by atomic mass is 10.1. The predicted molar refractivity (Wildman–Crippen MR) is 69.8 cm³/mol. The van der Waals surface area contributed by atoms with Crippen molar-refractivity contribution in [2.24, 2.45) is 5.92 Å². The minimum atomic E-state index is -0.160. The van der Waals surface area contributed by atoms with Crippen LogP contribution in [0.15, 0.2) is 24.3 Å². The average Bonchev–Trinajstić information content (AvgIpc) is 2.36. The highest BCUT2D eigenvalue weighted by atomic mass is 16.5. The van der Waals surface area contributed by atoms with E-state index in [2.05, 4.69) is 5.32 Å². The van der Waals surface area contributed by atoms with E-state index in [0.29, 0.717) is 17.2 Å². The molecule has 4 heteroatoms. The van der Waals surface area contributed by atoms with Crippen LogP contribution in [0.2, 0.25) is 0 Å². The SMILES string of the molecule is CC(C)C(C)NC(=O)COc1cccc(C=O)c1. The number of ether oxygens (including phenoxy) is 1. The highest BCUT2D eigenvalue weighted by Crippen LogP contribution is 2.11. The molecule has 0 aliphatic rings. The third-order valence-electron chi connectivity index (χ3n) is 2.75. The first-order chi connectivity index (χ1) is 8.52. The zero-order valence-corrected chi connectivity index (χ0v) is 11.0. The molecule has 0 aliphatic heterocycles. The van der Waals surface area contributed by atoms with Gasteiger partial charge in [-0.1, -0.05) is 26.0 Å². The first-order valence-corrected chi connectivity index (χ1v) is 6.00. The van der Waals surface area contributed by atoms with Gasteiger partial charge in [0.25, 0.3) is 5.91 Å². The number of carbonyl (C=O) groups excluding carboxylic acids is 2. The molecule has 1 amide bonds. The summed E-state index contributed by atoms with van der Waals surface area (Å²) in [5.74, 6) is 0.743. The van der Waals surface area contributed by atoms with Gasteiger partial charge in [0.05, 0.1) is 0 Å². The van der Waals surface area contributed by atoms with E-state index < -0.39 is 0 Å². The van der Waals surface area contributed by atoms with Crippen LogP contribution < -0.4 is 10.1 Å². The van der Waals surface area contributed by atoms with E-state index in [1.165, 1.54) is 0 Å². The van der Waals surface area contributed by atoms with Gasteiger partial charge in [-0.3, -0.25) is 9.59 Å². The quantitative estimate of drug-likeness (QED) is 0.785. The maximum absolute atomic E-state index is 11.6. The van der Waals surface area contributed by atoms with Crippen molar-refractivity contribution in [2.45, 2.75) is 26.8 Å². The summed E-state index contributed by atoms with van der Waals surface area (Å²) in [6.07, 6.45) is 0.744. The minimum Gasteiger partial charge on any atom is -0.484 e. The molecule has 0 aliphatic carbocycles. The molecule has 0 spiro atoms. The molecule has 1 unspecified atom stereocenters. The Morgan fingerprint density at radius 1 is 1.39 bits per heavy atom. The number of benzene rings is 1. The second kappa shape index (κ2) is 6.79. The largest absolute Gasteiger partial charge is 0.484 e. The number of amides is 1. The van der Waals surface area contributed by atoms with Gasteiger partial charge in [-0.25, -0.2) is 0 Å². The first-order valence-electron chi connectivity index (χ1n) is 6.00. The summed E-state index contributed by atoms with van der Waals surface area (Å²) in [6.45, 7) is 5.99. The van der Waals surface area contributed by atoms with Gasteiger partial charge in [0.1, 0.15) is 12.0 Å². The molecule has 1 aromatic carbocycles. The Labute approximate surface area is 107 Å². The highest BCUT2D eigenvalue weighted by molar-refractivity contribution is 5.78. The van der Waals surface area contributed by atoms with E-state index in [-0.39, 0.29) is 18.6 Å². The molecule has 0 aromatic heterocycles. The zero-order chi connectivity index (χ0) is 13.5.